The third-order valence-corrected chi connectivity index (χ3v) is 4.45. The molecular formula is C20H19N5O. The molecule has 1 aliphatic rings. The van der Waals surface area contributed by atoms with Gasteiger partial charge in [0.15, 0.2) is 0 Å². The summed E-state index contributed by atoms with van der Waals surface area (Å²) in [5.41, 5.74) is 3.47. The normalized spacial score (nSPS) is 16.0. The van der Waals surface area contributed by atoms with Crippen LogP contribution in [-0.2, 0) is 11.3 Å². The topological polar surface area (TPSA) is 71.8 Å². The number of anilines is 1. The molecule has 2 heterocycles. The Labute approximate surface area is 151 Å². The molecule has 6 heteroatoms. The van der Waals surface area contributed by atoms with Gasteiger partial charge in [-0.3, -0.25) is 4.79 Å². The average molecular weight is 345 g/mol. The highest BCUT2D eigenvalue weighted by Crippen LogP contribution is 2.34. The number of hydrogen-bond donors (Lipinski definition) is 2. The van der Waals surface area contributed by atoms with Gasteiger partial charge in [-0.25, -0.2) is 4.68 Å². The van der Waals surface area contributed by atoms with Crippen molar-refractivity contribution in [3.05, 3.63) is 89.4 Å². The summed E-state index contributed by atoms with van der Waals surface area (Å²) in [4.78, 5) is 17.3. The Kier molecular flexibility index (Phi) is 4.23. The SMILES string of the molecule is CC1=C(C(=O)NCc2ccccc2)C(c2ccccc2)n2ncnc2N1. The standard InChI is InChI=1S/C20H19N5O/c1-14-17(19(26)21-12-15-8-4-2-5-9-15)18(16-10-6-3-7-11-16)25-20(24-14)22-13-23-25/h2-11,13,18H,12H2,1H3,(H,21,26)(H,22,23,24). The molecule has 1 aliphatic heterocycles. The zero-order valence-electron chi connectivity index (χ0n) is 14.4. The van der Waals surface area contributed by atoms with Gasteiger partial charge in [0.25, 0.3) is 5.91 Å². The van der Waals surface area contributed by atoms with E-state index in [9.17, 15) is 4.79 Å². The molecule has 6 nitrogen and oxygen atoms in total. The molecule has 26 heavy (non-hydrogen) atoms. The number of amides is 1. The van der Waals surface area contributed by atoms with Crippen molar-refractivity contribution in [3.8, 4) is 0 Å². The summed E-state index contributed by atoms with van der Waals surface area (Å²) in [6, 6.07) is 19.4. The van der Waals surface area contributed by atoms with E-state index in [0.717, 1.165) is 16.8 Å². The predicted octanol–water partition coefficient (Wildman–Crippen LogP) is 2.88. The van der Waals surface area contributed by atoms with Crippen LogP contribution in [-0.4, -0.2) is 20.7 Å². The van der Waals surface area contributed by atoms with Crippen molar-refractivity contribution in [1.29, 1.82) is 0 Å². The molecule has 1 unspecified atom stereocenters. The quantitative estimate of drug-likeness (QED) is 0.763. The first-order valence-electron chi connectivity index (χ1n) is 8.48. The van der Waals surface area contributed by atoms with Crippen molar-refractivity contribution in [2.75, 3.05) is 5.32 Å². The third kappa shape index (κ3) is 2.97. The molecule has 4 rings (SSSR count). The van der Waals surface area contributed by atoms with E-state index < -0.39 is 0 Å². The zero-order valence-corrected chi connectivity index (χ0v) is 14.4. The molecule has 2 aromatic carbocycles. The zero-order chi connectivity index (χ0) is 17.9. The molecule has 0 radical (unpaired) electrons. The van der Waals surface area contributed by atoms with Crippen LogP contribution in [0.2, 0.25) is 0 Å². The Bertz CT molecular complexity index is 947. The minimum absolute atomic E-state index is 0.117. The number of carbonyl (C=O) groups excluding carboxylic acids is 1. The molecule has 1 amide bonds. The summed E-state index contributed by atoms with van der Waals surface area (Å²) in [6.07, 6.45) is 1.50. The Morgan fingerprint density at radius 2 is 1.81 bits per heavy atom. The van der Waals surface area contributed by atoms with Crippen LogP contribution in [0.3, 0.4) is 0 Å². The van der Waals surface area contributed by atoms with E-state index in [2.05, 4.69) is 20.7 Å². The maximum atomic E-state index is 13.0. The van der Waals surface area contributed by atoms with Gasteiger partial charge in [-0.15, -0.1) is 0 Å². The lowest BCUT2D eigenvalue weighted by Crippen LogP contribution is -2.34. The molecule has 0 saturated carbocycles. The van der Waals surface area contributed by atoms with Crippen LogP contribution in [0.4, 0.5) is 5.95 Å². The van der Waals surface area contributed by atoms with E-state index in [1.54, 1.807) is 4.68 Å². The smallest absolute Gasteiger partial charge is 0.251 e. The second-order valence-electron chi connectivity index (χ2n) is 6.17. The fourth-order valence-corrected chi connectivity index (χ4v) is 3.20. The maximum Gasteiger partial charge on any atom is 0.251 e. The van der Waals surface area contributed by atoms with Crippen molar-refractivity contribution in [3.63, 3.8) is 0 Å². The minimum atomic E-state index is -0.314. The van der Waals surface area contributed by atoms with E-state index in [-0.39, 0.29) is 11.9 Å². The summed E-state index contributed by atoms with van der Waals surface area (Å²) in [5, 5.41) is 10.5. The Morgan fingerprint density at radius 1 is 1.12 bits per heavy atom. The van der Waals surface area contributed by atoms with Crippen LogP contribution in [0.5, 0.6) is 0 Å². The van der Waals surface area contributed by atoms with Crippen molar-refractivity contribution in [2.24, 2.45) is 0 Å². The molecule has 3 aromatic rings. The van der Waals surface area contributed by atoms with E-state index in [1.165, 1.54) is 6.33 Å². The van der Waals surface area contributed by atoms with Crippen molar-refractivity contribution in [1.82, 2.24) is 20.1 Å². The van der Waals surface area contributed by atoms with Crippen LogP contribution in [0.15, 0.2) is 78.3 Å². The van der Waals surface area contributed by atoms with E-state index in [4.69, 9.17) is 0 Å². The van der Waals surface area contributed by atoms with E-state index in [0.29, 0.717) is 18.1 Å². The fourth-order valence-electron chi connectivity index (χ4n) is 3.20. The molecule has 0 spiro atoms. The maximum absolute atomic E-state index is 13.0. The summed E-state index contributed by atoms with van der Waals surface area (Å²) < 4.78 is 1.75. The van der Waals surface area contributed by atoms with Gasteiger partial charge in [0.1, 0.15) is 12.4 Å². The molecule has 0 bridgehead atoms. The third-order valence-electron chi connectivity index (χ3n) is 4.45. The molecule has 1 atom stereocenters. The Balaban J connectivity index is 1.67. The molecule has 130 valence electrons. The molecular weight excluding hydrogens is 326 g/mol. The number of rotatable bonds is 4. The molecule has 0 aliphatic carbocycles. The van der Waals surface area contributed by atoms with Crippen LogP contribution in [0.25, 0.3) is 0 Å². The summed E-state index contributed by atoms with van der Waals surface area (Å²) >= 11 is 0. The molecule has 1 aromatic heterocycles. The lowest BCUT2D eigenvalue weighted by atomic mass is 9.95. The number of carbonyl (C=O) groups is 1. The van der Waals surface area contributed by atoms with Crippen molar-refractivity contribution >= 4 is 11.9 Å². The van der Waals surface area contributed by atoms with Gasteiger partial charge in [-0.1, -0.05) is 60.7 Å². The first-order valence-corrected chi connectivity index (χ1v) is 8.48. The number of benzene rings is 2. The second kappa shape index (κ2) is 6.84. The first-order chi connectivity index (χ1) is 12.7. The Morgan fingerprint density at radius 3 is 2.54 bits per heavy atom. The predicted molar refractivity (Wildman–Crippen MR) is 99.2 cm³/mol. The number of allylic oxidation sites excluding steroid dienone is 1. The number of nitrogens with zero attached hydrogens (tertiary/aromatic N) is 3. The second-order valence-corrected chi connectivity index (χ2v) is 6.17. The summed E-state index contributed by atoms with van der Waals surface area (Å²) in [6.45, 7) is 2.37. The lowest BCUT2D eigenvalue weighted by Gasteiger charge is -2.28. The largest absolute Gasteiger partial charge is 0.348 e. The van der Waals surface area contributed by atoms with Crippen LogP contribution in [0.1, 0.15) is 24.1 Å². The van der Waals surface area contributed by atoms with Gasteiger partial charge in [-0.05, 0) is 18.1 Å². The highest BCUT2D eigenvalue weighted by atomic mass is 16.1. The number of nitrogens with one attached hydrogen (secondary N) is 2. The average Bonchev–Trinajstić information content (AvgIpc) is 3.14. The monoisotopic (exact) mass is 345 g/mol. The fraction of sp³-hybridized carbons (Fsp3) is 0.150. The van der Waals surface area contributed by atoms with Crippen LogP contribution < -0.4 is 10.6 Å². The summed E-state index contributed by atoms with van der Waals surface area (Å²) in [7, 11) is 0. The van der Waals surface area contributed by atoms with Gasteiger partial charge in [0.2, 0.25) is 5.95 Å². The first kappa shape index (κ1) is 16.1. The van der Waals surface area contributed by atoms with Crippen molar-refractivity contribution < 1.29 is 4.79 Å². The Hall–Kier alpha value is -3.41. The molecule has 0 saturated heterocycles. The number of fused-ring (bicyclic) bond motifs is 1. The van der Waals surface area contributed by atoms with Gasteiger partial charge in [0.05, 0.1) is 5.57 Å². The highest BCUT2D eigenvalue weighted by molar-refractivity contribution is 5.96. The van der Waals surface area contributed by atoms with Crippen LogP contribution >= 0.6 is 0 Å². The van der Waals surface area contributed by atoms with Crippen molar-refractivity contribution in [2.45, 2.75) is 19.5 Å². The van der Waals surface area contributed by atoms with E-state index in [1.807, 2.05) is 67.6 Å². The van der Waals surface area contributed by atoms with Gasteiger partial charge >= 0.3 is 0 Å². The summed E-state index contributed by atoms with van der Waals surface area (Å²) in [5.74, 6) is 0.518. The lowest BCUT2D eigenvalue weighted by molar-refractivity contribution is -0.118. The number of hydrogen-bond acceptors (Lipinski definition) is 4. The van der Waals surface area contributed by atoms with Gasteiger partial charge in [-0.2, -0.15) is 10.1 Å². The highest BCUT2D eigenvalue weighted by Gasteiger charge is 2.33. The van der Waals surface area contributed by atoms with Gasteiger partial charge in [0, 0.05) is 12.2 Å². The minimum Gasteiger partial charge on any atom is -0.348 e. The van der Waals surface area contributed by atoms with Crippen LogP contribution in [0, 0.1) is 0 Å². The molecule has 2 N–H and O–H groups in total. The van der Waals surface area contributed by atoms with Gasteiger partial charge < -0.3 is 10.6 Å². The number of aromatic nitrogens is 3. The molecule has 0 fully saturated rings. The van der Waals surface area contributed by atoms with E-state index >= 15 is 0 Å².